The summed E-state index contributed by atoms with van der Waals surface area (Å²) in [5.74, 6) is 0.788. The van der Waals surface area contributed by atoms with Crippen LogP contribution in [0.5, 0.6) is 10.8 Å². The van der Waals surface area contributed by atoms with Crippen LogP contribution in [0.4, 0.5) is 5.69 Å². The highest BCUT2D eigenvalue weighted by molar-refractivity contribution is 7.09. The van der Waals surface area contributed by atoms with Crippen LogP contribution < -0.4 is 10.5 Å². The Balaban J connectivity index is 1.98. The molecule has 0 saturated heterocycles. The molecular formula is C14H12N2OS. The summed E-state index contributed by atoms with van der Waals surface area (Å²) < 4.78 is 10.2. The van der Waals surface area contributed by atoms with E-state index in [2.05, 4.69) is 4.37 Å². The van der Waals surface area contributed by atoms with Crippen molar-refractivity contribution in [1.82, 2.24) is 4.37 Å². The monoisotopic (exact) mass is 256 g/mol. The molecule has 4 heteroatoms. The molecule has 0 saturated carbocycles. The lowest BCUT2D eigenvalue weighted by atomic mass is 10.2. The minimum atomic E-state index is 0.775. The molecule has 1 aromatic heterocycles. The highest BCUT2D eigenvalue weighted by atomic mass is 32.1. The third kappa shape index (κ3) is 1.91. The molecule has 0 unspecified atom stereocenters. The summed E-state index contributed by atoms with van der Waals surface area (Å²) in [6, 6.07) is 13.6. The van der Waals surface area contributed by atoms with Crippen LogP contribution in [0.3, 0.4) is 0 Å². The van der Waals surface area contributed by atoms with Gasteiger partial charge in [0.25, 0.3) is 0 Å². The summed E-state index contributed by atoms with van der Waals surface area (Å²) in [6.45, 7) is 1.97. The summed E-state index contributed by atoms with van der Waals surface area (Å²) in [4.78, 5) is 0. The summed E-state index contributed by atoms with van der Waals surface area (Å²) in [5, 5.41) is 1.85. The van der Waals surface area contributed by atoms with Crippen molar-refractivity contribution < 1.29 is 4.74 Å². The molecule has 2 aromatic carbocycles. The number of aromatic nitrogens is 1. The molecule has 0 fully saturated rings. The predicted octanol–water partition coefficient (Wildman–Crippen LogP) is 3.98. The zero-order valence-corrected chi connectivity index (χ0v) is 10.7. The topological polar surface area (TPSA) is 48.1 Å². The van der Waals surface area contributed by atoms with Crippen LogP contribution in [0, 0.1) is 6.92 Å². The summed E-state index contributed by atoms with van der Waals surface area (Å²) >= 11 is 1.36. The second-order valence-electron chi connectivity index (χ2n) is 4.11. The van der Waals surface area contributed by atoms with Crippen molar-refractivity contribution in [3.63, 3.8) is 0 Å². The van der Waals surface area contributed by atoms with Gasteiger partial charge in [0.1, 0.15) is 5.75 Å². The molecule has 2 N–H and O–H groups in total. The van der Waals surface area contributed by atoms with Gasteiger partial charge in [0, 0.05) is 17.2 Å². The Hall–Kier alpha value is -2.07. The van der Waals surface area contributed by atoms with Gasteiger partial charge in [-0.25, -0.2) is 0 Å². The van der Waals surface area contributed by atoms with Crippen molar-refractivity contribution in [2.24, 2.45) is 0 Å². The molecule has 0 aliphatic heterocycles. The van der Waals surface area contributed by atoms with Crippen LogP contribution in [-0.2, 0) is 0 Å². The van der Waals surface area contributed by atoms with Gasteiger partial charge in [0.05, 0.1) is 10.9 Å². The molecule has 0 aliphatic rings. The fourth-order valence-corrected chi connectivity index (χ4v) is 2.50. The Morgan fingerprint density at radius 1 is 1.17 bits per heavy atom. The third-order valence-electron chi connectivity index (χ3n) is 2.80. The van der Waals surface area contributed by atoms with Crippen molar-refractivity contribution in [3.8, 4) is 10.8 Å². The molecule has 0 aliphatic carbocycles. The van der Waals surface area contributed by atoms with Crippen LogP contribution in [0.2, 0.25) is 0 Å². The van der Waals surface area contributed by atoms with Gasteiger partial charge < -0.3 is 10.5 Å². The van der Waals surface area contributed by atoms with Gasteiger partial charge in [-0.2, -0.15) is 4.37 Å². The fraction of sp³-hybridized carbons (Fsp3) is 0.0714. The molecule has 0 spiro atoms. The Bertz CT molecular complexity index is 706. The van der Waals surface area contributed by atoms with Crippen molar-refractivity contribution in [1.29, 1.82) is 0 Å². The molecule has 0 radical (unpaired) electrons. The third-order valence-corrected chi connectivity index (χ3v) is 3.56. The van der Waals surface area contributed by atoms with E-state index in [4.69, 9.17) is 10.5 Å². The SMILES string of the molecule is Cc1cc(Oc2snc3ccccc23)ccc1N. The van der Waals surface area contributed by atoms with Gasteiger partial charge in [-0.15, -0.1) is 0 Å². The first-order valence-electron chi connectivity index (χ1n) is 5.62. The predicted molar refractivity (Wildman–Crippen MR) is 75.3 cm³/mol. The lowest BCUT2D eigenvalue weighted by molar-refractivity contribution is 0.501. The number of aryl methyl sites for hydroxylation is 1. The van der Waals surface area contributed by atoms with Crippen LogP contribution in [0.25, 0.3) is 10.9 Å². The quantitative estimate of drug-likeness (QED) is 0.705. The molecular weight excluding hydrogens is 244 g/mol. The van der Waals surface area contributed by atoms with E-state index in [0.717, 1.165) is 33.0 Å². The van der Waals surface area contributed by atoms with Crippen LogP contribution in [0.15, 0.2) is 42.5 Å². The summed E-state index contributed by atoms with van der Waals surface area (Å²) in [7, 11) is 0. The summed E-state index contributed by atoms with van der Waals surface area (Å²) in [6.07, 6.45) is 0. The van der Waals surface area contributed by atoms with E-state index in [1.807, 2.05) is 49.4 Å². The van der Waals surface area contributed by atoms with Crippen LogP contribution in [-0.4, -0.2) is 4.37 Å². The van der Waals surface area contributed by atoms with Gasteiger partial charge in [0.15, 0.2) is 0 Å². The van der Waals surface area contributed by atoms with E-state index in [-0.39, 0.29) is 0 Å². The van der Waals surface area contributed by atoms with E-state index in [0.29, 0.717) is 0 Å². The number of rotatable bonds is 2. The number of anilines is 1. The maximum atomic E-state index is 5.87. The maximum Gasteiger partial charge on any atom is 0.207 e. The number of hydrogen-bond donors (Lipinski definition) is 1. The minimum absolute atomic E-state index is 0.775. The lowest BCUT2D eigenvalue weighted by Crippen LogP contribution is -1.90. The van der Waals surface area contributed by atoms with Gasteiger partial charge in [-0.05, 0) is 42.8 Å². The normalized spacial score (nSPS) is 10.7. The average Bonchev–Trinajstić information content (AvgIpc) is 2.78. The second-order valence-corrected chi connectivity index (χ2v) is 4.84. The molecule has 0 bridgehead atoms. The second kappa shape index (κ2) is 4.31. The standard InChI is InChI=1S/C14H12N2OS/c1-9-8-10(6-7-12(9)15)17-14-11-4-2-3-5-13(11)16-18-14/h2-8H,15H2,1H3. The first-order valence-corrected chi connectivity index (χ1v) is 6.40. The van der Waals surface area contributed by atoms with E-state index in [9.17, 15) is 0 Å². The molecule has 18 heavy (non-hydrogen) atoms. The molecule has 3 rings (SSSR count). The number of fused-ring (bicyclic) bond motifs is 1. The molecule has 3 aromatic rings. The van der Waals surface area contributed by atoms with Crippen LogP contribution in [0.1, 0.15) is 5.56 Å². The first-order chi connectivity index (χ1) is 8.74. The van der Waals surface area contributed by atoms with Gasteiger partial charge in [-0.3, -0.25) is 0 Å². The minimum Gasteiger partial charge on any atom is -0.444 e. The highest BCUT2D eigenvalue weighted by Gasteiger charge is 2.07. The Kier molecular flexibility index (Phi) is 2.64. The highest BCUT2D eigenvalue weighted by Crippen LogP contribution is 2.34. The van der Waals surface area contributed by atoms with Gasteiger partial charge in [0.2, 0.25) is 5.06 Å². The van der Waals surface area contributed by atoms with Crippen molar-refractivity contribution in [3.05, 3.63) is 48.0 Å². The Morgan fingerprint density at radius 2 is 2.00 bits per heavy atom. The van der Waals surface area contributed by atoms with Crippen LogP contribution >= 0.6 is 11.5 Å². The number of hydrogen-bond acceptors (Lipinski definition) is 4. The average molecular weight is 256 g/mol. The van der Waals surface area contributed by atoms with Gasteiger partial charge >= 0.3 is 0 Å². The van der Waals surface area contributed by atoms with E-state index in [1.165, 1.54) is 11.5 Å². The molecule has 0 amide bonds. The number of nitrogens with two attached hydrogens (primary N) is 1. The van der Waals surface area contributed by atoms with Crippen molar-refractivity contribution >= 4 is 28.1 Å². The smallest absolute Gasteiger partial charge is 0.207 e. The first kappa shape index (κ1) is 11.0. The molecule has 1 heterocycles. The van der Waals surface area contributed by atoms with Gasteiger partial charge in [-0.1, -0.05) is 12.1 Å². The molecule has 90 valence electrons. The number of nitrogens with zero attached hydrogens (tertiary/aromatic N) is 1. The van der Waals surface area contributed by atoms with E-state index >= 15 is 0 Å². The zero-order chi connectivity index (χ0) is 12.5. The Labute approximate surface area is 109 Å². The summed E-state index contributed by atoms with van der Waals surface area (Å²) in [5.41, 5.74) is 8.54. The number of nitrogen functional groups attached to an aromatic ring is 1. The largest absolute Gasteiger partial charge is 0.444 e. The molecule has 3 nitrogen and oxygen atoms in total. The maximum absolute atomic E-state index is 5.87. The lowest BCUT2D eigenvalue weighted by Gasteiger charge is -2.05. The molecule has 0 atom stereocenters. The van der Waals surface area contributed by atoms with Crippen molar-refractivity contribution in [2.45, 2.75) is 6.92 Å². The van der Waals surface area contributed by atoms with E-state index in [1.54, 1.807) is 0 Å². The number of benzene rings is 2. The van der Waals surface area contributed by atoms with E-state index < -0.39 is 0 Å². The fourth-order valence-electron chi connectivity index (χ4n) is 1.76. The number of ether oxygens (including phenoxy) is 1. The van der Waals surface area contributed by atoms with Crippen molar-refractivity contribution in [2.75, 3.05) is 5.73 Å². The Morgan fingerprint density at radius 3 is 2.83 bits per heavy atom. The zero-order valence-electron chi connectivity index (χ0n) is 9.88.